The molecule has 3 rings (SSSR count). The first-order valence-electron chi connectivity index (χ1n) is 9.00. The van der Waals surface area contributed by atoms with Gasteiger partial charge in [-0.3, -0.25) is 19.3 Å². The average Bonchev–Trinajstić information content (AvgIpc) is 2.88. The van der Waals surface area contributed by atoms with Gasteiger partial charge in [0.05, 0.1) is 13.1 Å². The van der Waals surface area contributed by atoms with E-state index < -0.39 is 35.3 Å². The molecule has 0 N–H and O–H groups in total. The minimum atomic E-state index is -1.25. The van der Waals surface area contributed by atoms with Crippen LogP contribution in [0.1, 0.15) is 39.2 Å². The second kappa shape index (κ2) is 7.55. The Labute approximate surface area is 172 Å². The van der Waals surface area contributed by atoms with Crippen LogP contribution in [0.5, 0.6) is 0 Å². The molecule has 0 spiro atoms. The molecule has 9 nitrogen and oxygen atoms in total. The first-order valence-corrected chi connectivity index (χ1v) is 9.38. The molecule has 2 aliphatic heterocycles. The van der Waals surface area contributed by atoms with Gasteiger partial charge in [0.1, 0.15) is 5.60 Å². The largest absolute Gasteiger partial charge is 0.534 e. The Bertz CT molecular complexity index is 842. The summed E-state index contributed by atoms with van der Waals surface area (Å²) in [5.41, 5.74) is -1.38. The molecule has 0 aliphatic carbocycles. The van der Waals surface area contributed by atoms with E-state index in [0.29, 0.717) is 15.6 Å². The summed E-state index contributed by atoms with van der Waals surface area (Å²) in [7, 11) is 0. The monoisotopic (exact) mass is 424 g/mol. The SMILES string of the molecule is CC(C)(C)OC(=O)N1CC(OC(=O)ON2C(=O)CCC2=O)(c2cccc(Cl)c2)C1. The average molecular weight is 425 g/mol. The second-order valence-corrected chi connectivity index (χ2v) is 8.30. The predicted molar refractivity (Wildman–Crippen MR) is 99.6 cm³/mol. The lowest BCUT2D eigenvalue weighted by molar-refractivity contribution is -0.190. The number of carbonyl (C=O) groups is 4. The fraction of sp³-hybridized carbons (Fsp3) is 0.474. The zero-order valence-corrected chi connectivity index (χ0v) is 17.0. The lowest BCUT2D eigenvalue weighted by atomic mass is 9.86. The first kappa shape index (κ1) is 20.9. The molecule has 2 saturated heterocycles. The minimum absolute atomic E-state index is 0.000746. The fourth-order valence-electron chi connectivity index (χ4n) is 3.01. The van der Waals surface area contributed by atoms with Crippen molar-refractivity contribution in [3.05, 3.63) is 34.9 Å². The first-order chi connectivity index (χ1) is 13.5. The summed E-state index contributed by atoms with van der Waals surface area (Å²) in [5.74, 6) is -1.24. The molecule has 156 valence electrons. The van der Waals surface area contributed by atoms with Crippen LogP contribution in [-0.2, 0) is 29.5 Å². The number of halogens is 1. The van der Waals surface area contributed by atoms with Crippen LogP contribution in [0.15, 0.2) is 24.3 Å². The highest BCUT2D eigenvalue weighted by atomic mass is 35.5. The van der Waals surface area contributed by atoms with E-state index in [1.165, 1.54) is 4.90 Å². The van der Waals surface area contributed by atoms with Gasteiger partial charge in [0, 0.05) is 23.4 Å². The van der Waals surface area contributed by atoms with E-state index >= 15 is 0 Å². The van der Waals surface area contributed by atoms with Crippen molar-refractivity contribution >= 4 is 35.7 Å². The van der Waals surface area contributed by atoms with E-state index in [-0.39, 0.29) is 25.9 Å². The molecule has 2 fully saturated rings. The van der Waals surface area contributed by atoms with Gasteiger partial charge in [0.2, 0.25) is 0 Å². The topological polar surface area (TPSA) is 102 Å². The number of likely N-dealkylation sites (tertiary alicyclic amines) is 1. The summed E-state index contributed by atoms with van der Waals surface area (Å²) < 4.78 is 10.8. The summed E-state index contributed by atoms with van der Waals surface area (Å²) in [6, 6.07) is 6.63. The molecular weight excluding hydrogens is 404 g/mol. The Kier molecular flexibility index (Phi) is 5.44. The number of imide groups is 1. The van der Waals surface area contributed by atoms with Crippen LogP contribution in [-0.4, -0.2) is 52.7 Å². The quantitative estimate of drug-likeness (QED) is 0.542. The highest BCUT2D eigenvalue weighted by molar-refractivity contribution is 6.30. The molecule has 10 heteroatoms. The van der Waals surface area contributed by atoms with Gasteiger partial charge in [-0.25, -0.2) is 9.59 Å². The maximum atomic E-state index is 12.3. The van der Waals surface area contributed by atoms with Crippen LogP contribution in [0.4, 0.5) is 9.59 Å². The van der Waals surface area contributed by atoms with Gasteiger partial charge in [-0.2, -0.15) is 0 Å². The number of carbonyl (C=O) groups excluding carboxylic acids is 4. The number of hydrogen-bond acceptors (Lipinski definition) is 7. The molecule has 2 aliphatic rings. The minimum Gasteiger partial charge on any atom is -0.444 e. The van der Waals surface area contributed by atoms with Crippen LogP contribution >= 0.6 is 11.6 Å². The van der Waals surface area contributed by atoms with Gasteiger partial charge in [-0.15, -0.1) is 0 Å². The maximum Gasteiger partial charge on any atom is 0.534 e. The smallest absolute Gasteiger partial charge is 0.444 e. The lowest BCUT2D eigenvalue weighted by Gasteiger charge is -2.48. The number of benzene rings is 1. The van der Waals surface area contributed by atoms with Crippen molar-refractivity contribution in [2.75, 3.05) is 13.1 Å². The standard InChI is InChI=1S/C19H21ClN2O7/c1-18(2,3)27-16(25)21-10-19(11-21,12-5-4-6-13(20)9-12)28-17(26)29-22-14(23)7-8-15(22)24/h4-6,9H,7-8,10-11H2,1-3H3. The molecular formula is C19H21ClN2O7. The fourth-order valence-corrected chi connectivity index (χ4v) is 3.20. The van der Waals surface area contributed by atoms with E-state index in [4.69, 9.17) is 25.9 Å². The zero-order valence-electron chi connectivity index (χ0n) is 16.3. The van der Waals surface area contributed by atoms with Crippen molar-refractivity contribution in [1.29, 1.82) is 0 Å². The lowest BCUT2D eigenvalue weighted by Crippen LogP contribution is -2.63. The van der Waals surface area contributed by atoms with Crippen molar-refractivity contribution in [2.24, 2.45) is 0 Å². The van der Waals surface area contributed by atoms with Crippen LogP contribution in [0.25, 0.3) is 0 Å². The number of rotatable bonds is 3. The third kappa shape index (κ3) is 4.61. The number of amides is 3. The Morgan fingerprint density at radius 3 is 2.28 bits per heavy atom. The van der Waals surface area contributed by atoms with Crippen LogP contribution in [0, 0.1) is 0 Å². The molecule has 3 amide bonds. The van der Waals surface area contributed by atoms with Crippen LogP contribution < -0.4 is 0 Å². The van der Waals surface area contributed by atoms with E-state index in [0.717, 1.165) is 0 Å². The molecule has 1 aromatic rings. The highest BCUT2D eigenvalue weighted by Gasteiger charge is 2.52. The summed E-state index contributed by atoms with van der Waals surface area (Å²) in [6.07, 6.45) is -1.84. The van der Waals surface area contributed by atoms with Gasteiger partial charge < -0.3 is 9.47 Å². The molecule has 0 atom stereocenters. The molecule has 0 aromatic heterocycles. The van der Waals surface area contributed by atoms with Crippen LogP contribution in [0.2, 0.25) is 5.02 Å². The Morgan fingerprint density at radius 1 is 1.10 bits per heavy atom. The van der Waals surface area contributed by atoms with E-state index in [1.54, 1.807) is 45.0 Å². The van der Waals surface area contributed by atoms with E-state index in [1.807, 2.05) is 0 Å². The highest BCUT2D eigenvalue weighted by Crippen LogP contribution is 2.38. The maximum absolute atomic E-state index is 12.3. The van der Waals surface area contributed by atoms with Gasteiger partial charge in [-0.1, -0.05) is 28.8 Å². The van der Waals surface area contributed by atoms with Gasteiger partial charge in [-0.05, 0) is 32.9 Å². The summed E-state index contributed by atoms with van der Waals surface area (Å²) in [5, 5.41) is 0.817. The molecule has 0 unspecified atom stereocenters. The number of nitrogens with zero attached hydrogens (tertiary/aromatic N) is 2. The van der Waals surface area contributed by atoms with Gasteiger partial charge in [0.15, 0.2) is 5.60 Å². The van der Waals surface area contributed by atoms with Gasteiger partial charge >= 0.3 is 12.2 Å². The molecule has 0 bridgehead atoms. The molecule has 0 radical (unpaired) electrons. The zero-order chi connectivity index (χ0) is 21.4. The predicted octanol–water partition coefficient (Wildman–Crippen LogP) is 3.00. The van der Waals surface area contributed by atoms with Crippen molar-refractivity contribution in [3.8, 4) is 0 Å². The number of hydroxylamine groups is 2. The Hall–Kier alpha value is -2.81. The van der Waals surface area contributed by atoms with Crippen molar-refractivity contribution < 1.29 is 33.5 Å². The summed E-state index contributed by atoms with van der Waals surface area (Å²) in [6.45, 7) is 5.23. The van der Waals surface area contributed by atoms with Crippen LogP contribution in [0.3, 0.4) is 0 Å². The van der Waals surface area contributed by atoms with E-state index in [9.17, 15) is 19.2 Å². The summed E-state index contributed by atoms with van der Waals surface area (Å²) >= 11 is 6.06. The normalized spacial score (nSPS) is 18.3. The third-order valence-corrected chi connectivity index (χ3v) is 4.58. The number of ether oxygens (including phenoxy) is 2. The molecule has 0 saturated carbocycles. The molecule has 1 aromatic carbocycles. The Morgan fingerprint density at radius 2 is 1.72 bits per heavy atom. The van der Waals surface area contributed by atoms with E-state index in [2.05, 4.69) is 0 Å². The molecule has 29 heavy (non-hydrogen) atoms. The molecule has 2 heterocycles. The van der Waals surface area contributed by atoms with Gasteiger partial charge in [0.25, 0.3) is 11.8 Å². The third-order valence-electron chi connectivity index (χ3n) is 4.35. The van der Waals surface area contributed by atoms with Crippen molar-refractivity contribution in [1.82, 2.24) is 9.96 Å². The Balaban J connectivity index is 1.75. The second-order valence-electron chi connectivity index (χ2n) is 7.87. The number of hydrogen-bond donors (Lipinski definition) is 0. The van der Waals surface area contributed by atoms with Crippen molar-refractivity contribution in [2.45, 2.75) is 44.8 Å². The summed E-state index contributed by atoms with van der Waals surface area (Å²) in [4.78, 5) is 54.0. The van der Waals surface area contributed by atoms with Crippen molar-refractivity contribution in [3.63, 3.8) is 0 Å².